The van der Waals surface area contributed by atoms with E-state index in [0.29, 0.717) is 17.1 Å². The summed E-state index contributed by atoms with van der Waals surface area (Å²) in [6.45, 7) is 0.141. The highest BCUT2D eigenvalue weighted by Crippen LogP contribution is 2.28. The lowest BCUT2D eigenvalue weighted by Gasteiger charge is -2.10. The molecule has 0 aliphatic heterocycles. The maximum absolute atomic E-state index is 13.0. The molecule has 0 aromatic heterocycles. The van der Waals surface area contributed by atoms with Crippen molar-refractivity contribution in [3.05, 3.63) is 58.6 Å². The van der Waals surface area contributed by atoms with Crippen LogP contribution < -0.4 is 10.5 Å². The van der Waals surface area contributed by atoms with Crippen LogP contribution in [0.2, 0.25) is 5.02 Å². The first kappa shape index (κ1) is 12.8. The molecule has 0 fully saturated rings. The summed E-state index contributed by atoms with van der Waals surface area (Å²) in [5.41, 5.74) is 6.02. The van der Waals surface area contributed by atoms with Gasteiger partial charge in [-0.3, -0.25) is 0 Å². The van der Waals surface area contributed by atoms with E-state index in [1.54, 1.807) is 0 Å². The highest BCUT2D eigenvalue weighted by Gasteiger charge is 2.07. The minimum Gasteiger partial charge on any atom is -0.457 e. The number of ether oxygens (including phenoxy) is 1. The zero-order chi connectivity index (χ0) is 13.1. The average Bonchev–Trinajstić information content (AvgIpc) is 2.36. The lowest BCUT2D eigenvalue weighted by Crippen LogP contribution is -2.00. The third-order valence-electron chi connectivity index (χ3n) is 2.36. The molecule has 0 aliphatic carbocycles. The van der Waals surface area contributed by atoms with Gasteiger partial charge in [-0.15, -0.1) is 0 Å². The SMILES string of the molecule is NCc1cc(F)ccc1Oc1ccc(F)c(Cl)c1. The monoisotopic (exact) mass is 269 g/mol. The second-order valence-corrected chi connectivity index (χ2v) is 4.04. The number of halogens is 3. The smallest absolute Gasteiger partial charge is 0.142 e. The van der Waals surface area contributed by atoms with Gasteiger partial charge in [0.25, 0.3) is 0 Å². The van der Waals surface area contributed by atoms with Crippen LogP contribution in [0, 0.1) is 11.6 Å². The van der Waals surface area contributed by atoms with Gasteiger partial charge in [-0.2, -0.15) is 0 Å². The number of rotatable bonds is 3. The van der Waals surface area contributed by atoms with Crippen LogP contribution in [0.25, 0.3) is 0 Å². The quantitative estimate of drug-likeness (QED) is 0.918. The van der Waals surface area contributed by atoms with Crippen molar-refractivity contribution in [1.29, 1.82) is 0 Å². The van der Waals surface area contributed by atoms with E-state index < -0.39 is 5.82 Å². The topological polar surface area (TPSA) is 35.2 Å². The fourth-order valence-electron chi connectivity index (χ4n) is 1.47. The third-order valence-corrected chi connectivity index (χ3v) is 2.65. The van der Waals surface area contributed by atoms with Gasteiger partial charge in [0.15, 0.2) is 0 Å². The molecule has 2 aromatic carbocycles. The van der Waals surface area contributed by atoms with E-state index in [-0.39, 0.29) is 17.4 Å². The van der Waals surface area contributed by atoms with Gasteiger partial charge in [0.1, 0.15) is 23.1 Å². The van der Waals surface area contributed by atoms with Gasteiger partial charge >= 0.3 is 0 Å². The maximum atomic E-state index is 13.0. The van der Waals surface area contributed by atoms with Gasteiger partial charge < -0.3 is 10.5 Å². The number of hydrogen-bond acceptors (Lipinski definition) is 2. The van der Waals surface area contributed by atoms with Crippen LogP contribution in [-0.2, 0) is 6.54 Å². The van der Waals surface area contributed by atoms with Gasteiger partial charge in [0.2, 0.25) is 0 Å². The van der Waals surface area contributed by atoms with Crippen molar-refractivity contribution in [3.8, 4) is 11.5 Å². The summed E-state index contributed by atoms with van der Waals surface area (Å²) in [6, 6.07) is 8.00. The molecule has 0 saturated carbocycles. The zero-order valence-electron chi connectivity index (χ0n) is 9.29. The summed E-state index contributed by atoms with van der Waals surface area (Å²) in [5, 5.41) is -0.0380. The lowest BCUT2D eigenvalue weighted by atomic mass is 10.2. The Morgan fingerprint density at radius 1 is 1.11 bits per heavy atom. The molecule has 2 nitrogen and oxygen atoms in total. The maximum Gasteiger partial charge on any atom is 0.142 e. The van der Waals surface area contributed by atoms with E-state index in [9.17, 15) is 8.78 Å². The van der Waals surface area contributed by atoms with Crippen molar-refractivity contribution in [2.45, 2.75) is 6.54 Å². The van der Waals surface area contributed by atoms with Crippen LogP contribution in [0.15, 0.2) is 36.4 Å². The van der Waals surface area contributed by atoms with Crippen molar-refractivity contribution in [2.24, 2.45) is 5.73 Å². The van der Waals surface area contributed by atoms with E-state index in [2.05, 4.69) is 0 Å². The molecule has 2 N–H and O–H groups in total. The van der Waals surface area contributed by atoms with Crippen molar-refractivity contribution in [3.63, 3.8) is 0 Å². The van der Waals surface area contributed by atoms with E-state index in [0.717, 1.165) is 0 Å². The van der Waals surface area contributed by atoms with Crippen molar-refractivity contribution >= 4 is 11.6 Å². The zero-order valence-corrected chi connectivity index (χ0v) is 10.0. The van der Waals surface area contributed by atoms with E-state index in [1.165, 1.54) is 36.4 Å². The molecule has 0 heterocycles. The molecule has 0 atom stereocenters. The highest BCUT2D eigenvalue weighted by molar-refractivity contribution is 6.30. The van der Waals surface area contributed by atoms with Crippen LogP contribution in [-0.4, -0.2) is 0 Å². The fourth-order valence-corrected chi connectivity index (χ4v) is 1.64. The van der Waals surface area contributed by atoms with Crippen molar-refractivity contribution in [2.75, 3.05) is 0 Å². The van der Waals surface area contributed by atoms with Gasteiger partial charge in [-0.25, -0.2) is 8.78 Å². The minimum atomic E-state index is -0.526. The molecule has 0 spiro atoms. The van der Waals surface area contributed by atoms with E-state index >= 15 is 0 Å². The van der Waals surface area contributed by atoms with Gasteiger partial charge in [-0.05, 0) is 30.3 Å². The van der Waals surface area contributed by atoms with Crippen LogP contribution in [0.5, 0.6) is 11.5 Å². The van der Waals surface area contributed by atoms with Crippen molar-refractivity contribution < 1.29 is 13.5 Å². The molecular weight excluding hydrogens is 260 g/mol. The molecule has 94 valence electrons. The summed E-state index contributed by atoms with van der Waals surface area (Å²) in [6.07, 6.45) is 0. The average molecular weight is 270 g/mol. The molecule has 18 heavy (non-hydrogen) atoms. The Bertz CT molecular complexity index is 575. The normalized spacial score (nSPS) is 10.4. The molecular formula is C13H10ClF2NO. The molecule has 0 radical (unpaired) electrons. The first-order valence-corrected chi connectivity index (χ1v) is 5.59. The van der Waals surface area contributed by atoms with Crippen LogP contribution >= 0.6 is 11.6 Å². The second kappa shape index (κ2) is 5.33. The highest BCUT2D eigenvalue weighted by atomic mass is 35.5. The molecule has 0 bridgehead atoms. The Kier molecular flexibility index (Phi) is 3.79. The molecule has 0 amide bonds. The molecule has 0 aliphatic rings. The largest absolute Gasteiger partial charge is 0.457 e. The number of hydrogen-bond donors (Lipinski definition) is 1. The van der Waals surface area contributed by atoms with Crippen LogP contribution in [0.3, 0.4) is 0 Å². The van der Waals surface area contributed by atoms with Gasteiger partial charge in [0.05, 0.1) is 5.02 Å². The van der Waals surface area contributed by atoms with Crippen molar-refractivity contribution in [1.82, 2.24) is 0 Å². The van der Waals surface area contributed by atoms with Gasteiger partial charge in [-0.1, -0.05) is 11.6 Å². The third kappa shape index (κ3) is 2.78. The predicted molar refractivity (Wildman–Crippen MR) is 65.8 cm³/mol. The minimum absolute atomic E-state index is 0.0380. The second-order valence-electron chi connectivity index (χ2n) is 3.63. The van der Waals surface area contributed by atoms with E-state index in [1.807, 2.05) is 0 Å². The Morgan fingerprint density at radius 3 is 2.56 bits per heavy atom. The fraction of sp³-hybridized carbons (Fsp3) is 0.0769. The summed E-state index contributed by atoms with van der Waals surface area (Å²) in [5.74, 6) is -0.133. The first-order chi connectivity index (χ1) is 8.60. The summed E-state index contributed by atoms with van der Waals surface area (Å²) in [4.78, 5) is 0. The first-order valence-electron chi connectivity index (χ1n) is 5.21. The molecule has 2 rings (SSSR count). The van der Waals surface area contributed by atoms with E-state index in [4.69, 9.17) is 22.1 Å². The summed E-state index contributed by atoms with van der Waals surface area (Å²) < 4.78 is 31.5. The Morgan fingerprint density at radius 2 is 1.89 bits per heavy atom. The number of benzene rings is 2. The van der Waals surface area contributed by atoms with Crippen LogP contribution in [0.4, 0.5) is 8.78 Å². The summed E-state index contributed by atoms with van der Waals surface area (Å²) in [7, 11) is 0. The number of nitrogens with two attached hydrogens (primary N) is 1. The Hall–Kier alpha value is -1.65. The molecule has 0 unspecified atom stereocenters. The molecule has 2 aromatic rings. The predicted octanol–water partition coefficient (Wildman–Crippen LogP) is 3.87. The standard InChI is InChI=1S/C13H10ClF2NO/c14-11-6-10(2-3-12(11)16)18-13-4-1-9(15)5-8(13)7-17/h1-6H,7,17H2. The molecule has 5 heteroatoms. The Balaban J connectivity index is 2.30. The summed E-state index contributed by atoms with van der Waals surface area (Å²) >= 11 is 5.64. The Labute approximate surface area is 108 Å². The molecule has 0 saturated heterocycles. The van der Waals surface area contributed by atoms with Crippen LogP contribution in [0.1, 0.15) is 5.56 Å². The van der Waals surface area contributed by atoms with Gasteiger partial charge in [0, 0.05) is 18.2 Å². The lowest BCUT2D eigenvalue weighted by molar-refractivity contribution is 0.472.